The van der Waals surface area contributed by atoms with E-state index in [1.165, 1.54) is 31.2 Å². The Labute approximate surface area is 97.2 Å². The minimum atomic E-state index is 0.0536. The maximum Gasteiger partial charge on any atom is 0.137 e. The quantitative estimate of drug-likeness (QED) is 0.831. The van der Waals surface area contributed by atoms with Crippen molar-refractivity contribution in [3.8, 4) is 5.75 Å². The summed E-state index contributed by atoms with van der Waals surface area (Å²) >= 11 is 0. The lowest BCUT2D eigenvalue weighted by Gasteiger charge is -2.29. The third kappa shape index (κ3) is 2.35. The van der Waals surface area contributed by atoms with Gasteiger partial charge >= 0.3 is 0 Å². The van der Waals surface area contributed by atoms with Gasteiger partial charge in [-0.25, -0.2) is 0 Å². The van der Waals surface area contributed by atoms with Gasteiger partial charge < -0.3 is 10.1 Å². The topological polar surface area (TPSA) is 34.1 Å². The van der Waals surface area contributed by atoms with Gasteiger partial charge in [0, 0.05) is 11.7 Å². The zero-order chi connectivity index (χ0) is 11.4. The van der Waals surface area contributed by atoms with Crippen molar-refractivity contribution >= 4 is 0 Å². The van der Waals surface area contributed by atoms with Crippen molar-refractivity contribution in [1.29, 1.82) is 0 Å². The predicted octanol–water partition coefficient (Wildman–Crippen LogP) is 2.47. The molecule has 1 atom stereocenters. The number of methoxy groups -OCH3 is 1. The average Bonchev–Trinajstić information content (AvgIpc) is 2.55. The normalized spacial score (nSPS) is 26.1. The standard InChI is InChI=1S/C13H20N2O/c1-13(6-4-3-5-7-15-13)11-8-12(16-2)10-14-9-11/h8-10,15H,3-7H2,1-2H3. The van der Waals surface area contributed by atoms with Crippen molar-refractivity contribution in [2.24, 2.45) is 0 Å². The van der Waals surface area contributed by atoms with Crippen LogP contribution in [0, 0.1) is 0 Å². The maximum atomic E-state index is 5.23. The third-order valence-corrected chi connectivity index (χ3v) is 3.45. The second-order valence-corrected chi connectivity index (χ2v) is 4.68. The minimum absolute atomic E-state index is 0.0536. The van der Waals surface area contributed by atoms with Crippen LogP contribution in [0.5, 0.6) is 5.75 Å². The SMILES string of the molecule is COc1cncc(C2(C)CCCCCN2)c1. The van der Waals surface area contributed by atoms with Gasteiger partial charge in [0.2, 0.25) is 0 Å². The molecule has 1 N–H and O–H groups in total. The maximum absolute atomic E-state index is 5.23. The van der Waals surface area contributed by atoms with Crippen LogP contribution in [0.3, 0.4) is 0 Å². The van der Waals surface area contributed by atoms with E-state index in [0.717, 1.165) is 12.3 Å². The first kappa shape index (κ1) is 11.4. The molecule has 1 aliphatic rings. The summed E-state index contributed by atoms with van der Waals surface area (Å²) in [6.07, 6.45) is 8.74. The Hall–Kier alpha value is -1.09. The molecule has 3 nitrogen and oxygen atoms in total. The molecule has 1 aliphatic heterocycles. The monoisotopic (exact) mass is 220 g/mol. The fraction of sp³-hybridized carbons (Fsp3) is 0.615. The van der Waals surface area contributed by atoms with Crippen LogP contribution in [0.15, 0.2) is 18.5 Å². The number of aromatic nitrogens is 1. The summed E-state index contributed by atoms with van der Waals surface area (Å²) in [5, 5.41) is 3.63. The average molecular weight is 220 g/mol. The molecule has 0 aliphatic carbocycles. The molecule has 16 heavy (non-hydrogen) atoms. The lowest BCUT2D eigenvalue weighted by molar-refractivity contribution is 0.354. The zero-order valence-electron chi connectivity index (χ0n) is 10.1. The summed E-state index contributed by atoms with van der Waals surface area (Å²) < 4.78 is 5.23. The molecular weight excluding hydrogens is 200 g/mol. The second-order valence-electron chi connectivity index (χ2n) is 4.68. The molecule has 1 saturated heterocycles. The lowest BCUT2D eigenvalue weighted by atomic mass is 9.89. The molecule has 2 rings (SSSR count). The Kier molecular flexibility index (Phi) is 3.44. The van der Waals surface area contributed by atoms with Gasteiger partial charge in [0.05, 0.1) is 13.3 Å². The highest BCUT2D eigenvalue weighted by Gasteiger charge is 2.27. The van der Waals surface area contributed by atoms with Crippen molar-refractivity contribution in [3.05, 3.63) is 24.0 Å². The highest BCUT2D eigenvalue weighted by atomic mass is 16.5. The highest BCUT2D eigenvalue weighted by Crippen LogP contribution is 2.30. The largest absolute Gasteiger partial charge is 0.495 e. The smallest absolute Gasteiger partial charge is 0.137 e. The van der Waals surface area contributed by atoms with Gasteiger partial charge in [-0.2, -0.15) is 0 Å². The number of hydrogen-bond donors (Lipinski definition) is 1. The molecule has 2 heterocycles. The molecule has 0 radical (unpaired) electrons. The number of nitrogens with zero attached hydrogens (tertiary/aromatic N) is 1. The molecule has 0 spiro atoms. The zero-order valence-corrected chi connectivity index (χ0v) is 10.1. The van der Waals surface area contributed by atoms with Crippen LogP contribution in [0.2, 0.25) is 0 Å². The lowest BCUT2D eigenvalue weighted by Crippen LogP contribution is -2.38. The number of ether oxygens (including phenoxy) is 1. The Morgan fingerprint density at radius 2 is 2.19 bits per heavy atom. The summed E-state index contributed by atoms with van der Waals surface area (Å²) in [6.45, 7) is 3.35. The van der Waals surface area contributed by atoms with Crippen LogP contribution < -0.4 is 10.1 Å². The van der Waals surface area contributed by atoms with Gasteiger partial charge in [-0.05, 0) is 37.9 Å². The van der Waals surface area contributed by atoms with Crippen molar-refractivity contribution in [2.45, 2.75) is 38.1 Å². The first-order valence-corrected chi connectivity index (χ1v) is 5.99. The molecule has 0 bridgehead atoms. The molecule has 0 saturated carbocycles. The van der Waals surface area contributed by atoms with Crippen LogP contribution in [0.4, 0.5) is 0 Å². The molecule has 0 amide bonds. The number of hydrogen-bond acceptors (Lipinski definition) is 3. The van der Waals surface area contributed by atoms with Gasteiger partial charge in [0.1, 0.15) is 5.75 Å². The van der Waals surface area contributed by atoms with E-state index in [1.54, 1.807) is 13.3 Å². The Morgan fingerprint density at radius 3 is 3.00 bits per heavy atom. The fourth-order valence-electron chi connectivity index (χ4n) is 2.31. The van der Waals surface area contributed by atoms with Gasteiger partial charge in [0.15, 0.2) is 0 Å². The third-order valence-electron chi connectivity index (χ3n) is 3.45. The van der Waals surface area contributed by atoms with E-state index in [0.29, 0.717) is 0 Å². The second kappa shape index (κ2) is 4.83. The Bertz CT molecular complexity index is 344. The minimum Gasteiger partial charge on any atom is -0.495 e. The molecule has 0 aromatic carbocycles. The van der Waals surface area contributed by atoms with Crippen molar-refractivity contribution in [3.63, 3.8) is 0 Å². The summed E-state index contributed by atoms with van der Waals surface area (Å²) in [4.78, 5) is 4.24. The number of rotatable bonds is 2. The summed E-state index contributed by atoms with van der Waals surface area (Å²) in [6, 6.07) is 2.09. The van der Waals surface area contributed by atoms with E-state index in [4.69, 9.17) is 4.74 Å². The molecule has 88 valence electrons. The van der Waals surface area contributed by atoms with E-state index < -0.39 is 0 Å². The van der Waals surface area contributed by atoms with E-state index >= 15 is 0 Å². The Morgan fingerprint density at radius 1 is 1.31 bits per heavy atom. The molecule has 1 unspecified atom stereocenters. The van der Waals surface area contributed by atoms with Crippen LogP contribution in [-0.2, 0) is 5.54 Å². The number of pyridine rings is 1. The first-order valence-electron chi connectivity index (χ1n) is 5.99. The van der Waals surface area contributed by atoms with Crippen LogP contribution in [0.25, 0.3) is 0 Å². The van der Waals surface area contributed by atoms with E-state index in [2.05, 4.69) is 23.3 Å². The van der Waals surface area contributed by atoms with Crippen LogP contribution >= 0.6 is 0 Å². The summed E-state index contributed by atoms with van der Waals surface area (Å²) in [7, 11) is 1.68. The molecule has 1 aromatic rings. The van der Waals surface area contributed by atoms with Gasteiger partial charge in [0.25, 0.3) is 0 Å². The van der Waals surface area contributed by atoms with Crippen LogP contribution in [0.1, 0.15) is 38.2 Å². The van der Waals surface area contributed by atoms with Gasteiger partial charge in [-0.15, -0.1) is 0 Å². The molecule has 1 aromatic heterocycles. The fourth-order valence-corrected chi connectivity index (χ4v) is 2.31. The van der Waals surface area contributed by atoms with E-state index in [9.17, 15) is 0 Å². The number of nitrogens with one attached hydrogen (secondary N) is 1. The Balaban J connectivity index is 2.25. The van der Waals surface area contributed by atoms with Crippen LogP contribution in [-0.4, -0.2) is 18.6 Å². The molecular formula is C13H20N2O. The van der Waals surface area contributed by atoms with Gasteiger partial charge in [-0.1, -0.05) is 12.8 Å². The molecule has 1 fully saturated rings. The van der Waals surface area contributed by atoms with Crippen molar-refractivity contribution in [2.75, 3.05) is 13.7 Å². The first-order chi connectivity index (χ1) is 7.74. The van der Waals surface area contributed by atoms with Crippen molar-refractivity contribution in [1.82, 2.24) is 10.3 Å². The molecule has 3 heteroatoms. The van der Waals surface area contributed by atoms with E-state index in [1.807, 2.05) is 6.20 Å². The summed E-state index contributed by atoms with van der Waals surface area (Å²) in [5.41, 5.74) is 1.28. The summed E-state index contributed by atoms with van der Waals surface area (Å²) in [5.74, 6) is 0.838. The highest BCUT2D eigenvalue weighted by molar-refractivity contribution is 5.29. The van der Waals surface area contributed by atoms with Gasteiger partial charge in [-0.3, -0.25) is 4.98 Å². The van der Waals surface area contributed by atoms with Crippen molar-refractivity contribution < 1.29 is 4.74 Å². The van der Waals surface area contributed by atoms with E-state index in [-0.39, 0.29) is 5.54 Å². The predicted molar refractivity (Wildman–Crippen MR) is 64.6 cm³/mol.